The number of rotatable bonds is 1. The molecule has 0 aliphatic rings. The van der Waals surface area contributed by atoms with Gasteiger partial charge in [-0.2, -0.15) is 0 Å². The molecule has 0 fully saturated rings. The van der Waals surface area contributed by atoms with Crippen LogP contribution in [0, 0.1) is 10.6 Å². The second-order valence-corrected chi connectivity index (χ2v) is 4.32. The first kappa shape index (κ1) is 9.65. The molecule has 2 rings (SSSR count). The van der Waals surface area contributed by atoms with Crippen LogP contribution in [0.2, 0.25) is 0 Å². The Kier molecular flexibility index (Phi) is 2.82. The van der Waals surface area contributed by atoms with Gasteiger partial charge in [0, 0.05) is 5.56 Å². The molecule has 0 bridgehead atoms. The summed E-state index contributed by atoms with van der Waals surface area (Å²) < 4.78 is 1.04. The van der Waals surface area contributed by atoms with Gasteiger partial charge in [-0.05, 0) is 47.2 Å². The minimum atomic E-state index is 1.04. The van der Waals surface area contributed by atoms with Crippen LogP contribution < -0.4 is 0 Å². The fraction of sp³-hybridized carbons (Fsp3) is 0.0833. The molecule has 0 unspecified atom stereocenters. The van der Waals surface area contributed by atoms with Crippen LogP contribution in [0.25, 0.3) is 11.3 Å². The lowest BCUT2D eigenvalue weighted by atomic mass is 10.1. The maximum absolute atomic E-state index is 4.49. The summed E-state index contributed by atoms with van der Waals surface area (Å²) in [6.45, 7) is 2.09. The third-order valence-electron chi connectivity index (χ3n) is 2.01. The van der Waals surface area contributed by atoms with Crippen LogP contribution in [0.5, 0.6) is 0 Å². The zero-order chi connectivity index (χ0) is 9.97. The van der Waals surface area contributed by atoms with Gasteiger partial charge in [-0.25, -0.2) is 4.98 Å². The molecule has 0 saturated carbocycles. The Bertz CT molecular complexity index is 417. The van der Waals surface area contributed by atoms with Gasteiger partial charge < -0.3 is 0 Å². The smallest absolute Gasteiger partial charge is 0.102 e. The number of nitrogens with zero attached hydrogens (tertiary/aromatic N) is 1. The Morgan fingerprint density at radius 2 is 1.79 bits per heavy atom. The molecular formula is C12H10IN. The number of hydrogen-bond donors (Lipinski definition) is 0. The van der Waals surface area contributed by atoms with Crippen molar-refractivity contribution >= 4 is 22.6 Å². The number of benzene rings is 1. The van der Waals surface area contributed by atoms with E-state index in [1.165, 1.54) is 11.1 Å². The lowest BCUT2D eigenvalue weighted by molar-refractivity contribution is 1.24. The SMILES string of the molecule is Cc1cc(I)nc(-c2ccccc2)c1. The van der Waals surface area contributed by atoms with Gasteiger partial charge in [0.05, 0.1) is 5.69 Å². The molecule has 0 amide bonds. The van der Waals surface area contributed by atoms with Gasteiger partial charge in [0.2, 0.25) is 0 Å². The van der Waals surface area contributed by atoms with Crippen molar-refractivity contribution in [2.24, 2.45) is 0 Å². The zero-order valence-corrected chi connectivity index (χ0v) is 10.0. The fourth-order valence-electron chi connectivity index (χ4n) is 1.38. The molecule has 0 aliphatic heterocycles. The quantitative estimate of drug-likeness (QED) is 0.578. The number of hydrogen-bond acceptors (Lipinski definition) is 1. The van der Waals surface area contributed by atoms with Gasteiger partial charge in [0.15, 0.2) is 0 Å². The molecular weight excluding hydrogens is 285 g/mol. The van der Waals surface area contributed by atoms with Crippen molar-refractivity contribution in [3.05, 3.63) is 51.7 Å². The van der Waals surface area contributed by atoms with Crippen molar-refractivity contribution in [1.29, 1.82) is 0 Å². The summed E-state index contributed by atoms with van der Waals surface area (Å²) in [6.07, 6.45) is 0. The molecule has 14 heavy (non-hydrogen) atoms. The number of aryl methyl sites for hydroxylation is 1. The molecule has 2 aromatic rings. The van der Waals surface area contributed by atoms with Gasteiger partial charge in [0.25, 0.3) is 0 Å². The second-order valence-electron chi connectivity index (χ2n) is 3.22. The standard InChI is InChI=1S/C12H10IN/c1-9-7-11(14-12(13)8-9)10-5-3-2-4-6-10/h2-8H,1H3. The summed E-state index contributed by atoms with van der Waals surface area (Å²) in [5.74, 6) is 0. The highest BCUT2D eigenvalue weighted by atomic mass is 127. The number of halogens is 1. The van der Waals surface area contributed by atoms with Crippen molar-refractivity contribution in [2.75, 3.05) is 0 Å². The Balaban J connectivity index is 2.52. The van der Waals surface area contributed by atoms with Gasteiger partial charge in [0.1, 0.15) is 3.70 Å². The van der Waals surface area contributed by atoms with E-state index in [1.54, 1.807) is 0 Å². The lowest BCUT2D eigenvalue weighted by Crippen LogP contribution is -1.88. The van der Waals surface area contributed by atoms with E-state index in [-0.39, 0.29) is 0 Å². The Morgan fingerprint density at radius 1 is 1.07 bits per heavy atom. The van der Waals surface area contributed by atoms with Crippen LogP contribution in [0.15, 0.2) is 42.5 Å². The first-order chi connectivity index (χ1) is 6.75. The normalized spacial score (nSPS) is 10.1. The first-order valence-corrected chi connectivity index (χ1v) is 5.53. The van der Waals surface area contributed by atoms with E-state index in [1.807, 2.05) is 18.2 Å². The highest BCUT2D eigenvalue weighted by molar-refractivity contribution is 14.1. The predicted molar refractivity (Wildman–Crippen MR) is 67.1 cm³/mol. The van der Waals surface area contributed by atoms with Crippen LogP contribution in [-0.4, -0.2) is 4.98 Å². The van der Waals surface area contributed by atoms with Gasteiger partial charge in [-0.1, -0.05) is 30.3 Å². The molecule has 0 aliphatic carbocycles. The summed E-state index contributed by atoms with van der Waals surface area (Å²) in [5.41, 5.74) is 3.48. The molecule has 0 radical (unpaired) electrons. The van der Waals surface area contributed by atoms with Gasteiger partial charge >= 0.3 is 0 Å². The first-order valence-electron chi connectivity index (χ1n) is 4.45. The van der Waals surface area contributed by atoms with Gasteiger partial charge in [-0.3, -0.25) is 0 Å². The Labute approximate surface area is 97.3 Å². The highest BCUT2D eigenvalue weighted by Gasteiger charge is 2.00. The predicted octanol–water partition coefficient (Wildman–Crippen LogP) is 3.66. The summed E-state index contributed by atoms with van der Waals surface area (Å²) in [4.78, 5) is 4.49. The fourth-order valence-corrected chi connectivity index (χ4v) is 2.13. The molecule has 1 heterocycles. The van der Waals surface area contributed by atoms with Crippen LogP contribution in [0.3, 0.4) is 0 Å². The van der Waals surface area contributed by atoms with E-state index in [0.717, 1.165) is 9.39 Å². The molecule has 0 atom stereocenters. The van der Waals surface area contributed by atoms with Crippen LogP contribution in [0.1, 0.15) is 5.56 Å². The minimum Gasteiger partial charge on any atom is -0.242 e. The molecule has 1 aromatic carbocycles. The molecule has 1 nitrogen and oxygen atoms in total. The average molecular weight is 295 g/mol. The van der Waals surface area contributed by atoms with E-state index >= 15 is 0 Å². The number of aromatic nitrogens is 1. The van der Waals surface area contributed by atoms with Crippen molar-refractivity contribution in [1.82, 2.24) is 4.98 Å². The maximum Gasteiger partial charge on any atom is 0.102 e. The summed E-state index contributed by atoms with van der Waals surface area (Å²) in [7, 11) is 0. The Morgan fingerprint density at radius 3 is 2.43 bits per heavy atom. The second kappa shape index (κ2) is 4.09. The monoisotopic (exact) mass is 295 g/mol. The number of pyridine rings is 1. The van der Waals surface area contributed by atoms with E-state index in [2.05, 4.69) is 58.8 Å². The summed E-state index contributed by atoms with van der Waals surface area (Å²) in [6, 6.07) is 14.4. The molecule has 0 N–H and O–H groups in total. The molecule has 70 valence electrons. The van der Waals surface area contributed by atoms with E-state index in [4.69, 9.17) is 0 Å². The highest BCUT2D eigenvalue weighted by Crippen LogP contribution is 2.19. The van der Waals surface area contributed by atoms with Crippen LogP contribution in [0.4, 0.5) is 0 Å². The minimum absolute atomic E-state index is 1.04. The summed E-state index contributed by atoms with van der Waals surface area (Å²) >= 11 is 2.25. The van der Waals surface area contributed by atoms with Crippen molar-refractivity contribution in [3.8, 4) is 11.3 Å². The van der Waals surface area contributed by atoms with E-state index in [0.29, 0.717) is 0 Å². The topological polar surface area (TPSA) is 12.9 Å². The van der Waals surface area contributed by atoms with Crippen molar-refractivity contribution in [3.63, 3.8) is 0 Å². The lowest BCUT2D eigenvalue weighted by Gasteiger charge is -2.02. The maximum atomic E-state index is 4.49. The molecule has 2 heteroatoms. The third kappa shape index (κ3) is 2.12. The molecule has 1 aromatic heterocycles. The molecule has 0 saturated heterocycles. The van der Waals surface area contributed by atoms with Crippen molar-refractivity contribution < 1.29 is 0 Å². The van der Waals surface area contributed by atoms with E-state index in [9.17, 15) is 0 Å². The summed E-state index contributed by atoms with van der Waals surface area (Å²) in [5, 5.41) is 0. The largest absolute Gasteiger partial charge is 0.242 e. The zero-order valence-electron chi connectivity index (χ0n) is 7.87. The molecule has 0 spiro atoms. The average Bonchev–Trinajstić information content (AvgIpc) is 2.18. The third-order valence-corrected chi connectivity index (χ3v) is 2.56. The Hall–Kier alpha value is -0.900. The van der Waals surface area contributed by atoms with Crippen LogP contribution in [-0.2, 0) is 0 Å². The van der Waals surface area contributed by atoms with Crippen LogP contribution >= 0.6 is 22.6 Å². The van der Waals surface area contributed by atoms with E-state index < -0.39 is 0 Å². The van der Waals surface area contributed by atoms with Crippen molar-refractivity contribution in [2.45, 2.75) is 6.92 Å². The van der Waals surface area contributed by atoms with Gasteiger partial charge in [-0.15, -0.1) is 0 Å².